The Morgan fingerprint density at radius 2 is 2.12 bits per heavy atom. The first-order chi connectivity index (χ1) is 7.69. The summed E-state index contributed by atoms with van der Waals surface area (Å²) >= 11 is 0. The van der Waals surface area contributed by atoms with Crippen LogP contribution in [0.1, 0.15) is 52.4 Å². The molecule has 1 rings (SSSR count). The van der Waals surface area contributed by atoms with Crippen molar-refractivity contribution in [3.05, 3.63) is 0 Å². The summed E-state index contributed by atoms with van der Waals surface area (Å²) in [6, 6.07) is 0. The van der Waals surface area contributed by atoms with Crippen LogP contribution in [0, 0.1) is 5.92 Å². The fourth-order valence-corrected chi connectivity index (χ4v) is 2.33. The molecule has 1 saturated heterocycles. The molecule has 1 heterocycles. The van der Waals surface area contributed by atoms with Gasteiger partial charge in [0.1, 0.15) is 0 Å². The Hall–Kier alpha value is -0.570. The zero-order chi connectivity index (χ0) is 12.0. The number of amides is 1. The second kappa shape index (κ2) is 6.89. The molecule has 0 saturated carbocycles. The molecule has 2 atom stereocenters. The lowest BCUT2D eigenvalue weighted by atomic mass is 9.92. The number of hydrogen-bond donors (Lipinski definition) is 1. The van der Waals surface area contributed by atoms with E-state index in [9.17, 15) is 9.90 Å². The number of nitrogens with zero attached hydrogens (tertiary/aromatic N) is 1. The van der Waals surface area contributed by atoms with E-state index in [0.717, 1.165) is 45.2 Å². The van der Waals surface area contributed by atoms with Gasteiger partial charge in [0.05, 0.1) is 6.10 Å². The van der Waals surface area contributed by atoms with Crippen LogP contribution in [0.2, 0.25) is 0 Å². The van der Waals surface area contributed by atoms with Crippen molar-refractivity contribution in [2.75, 3.05) is 13.1 Å². The van der Waals surface area contributed by atoms with E-state index < -0.39 is 0 Å². The normalized spacial score (nSPS) is 25.8. The molecule has 0 aromatic carbocycles. The molecule has 2 unspecified atom stereocenters. The number of unbranched alkanes of at least 4 members (excludes halogenated alkanes) is 2. The molecule has 0 bridgehead atoms. The Balaban J connectivity index is 2.33. The average molecular weight is 227 g/mol. The first-order valence-electron chi connectivity index (χ1n) is 6.64. The highest BCUT2D eigenvalue weighted by atomic mass is 16.3. The monoisotopic (exact) mass is 227 g/mol. The number of carbonyl (C=O) groups excluding carboxylic acids is 1. The Kier molecular flexibility index (Phi) is 5.81. The predicted octanol–water partition coefficient (Wildman–Crippen LogP) is 2.19. The average Bonchev–Trinajstić information content (AvgIpc) is 2.30. The summed E-state index contributed by atoms with van der Waals surface area (Å²) in [7, 11) is 0. The molecule has 1 N–H and O–H groups in total. The molecule has 94 valence electrons. The standard InChI is InChI=1S/C13H25NO2/c1-3-5-6-7-13(16)14-9-8-12(15)11(4-2)10-14/h11-12,15H,3-10H2,1-2H3. The molecule has 0 aromatic rings. The van der Waals surface area contributed by atoms with Crippen LogP contribution in [-0.4, -0.2) is 35.1 Å². The van der Waals surface area contributed by atoms with Crippen LogP contribution in [-0.2, 0) is 4.79 Å². The van der Waals surface area contributed by atoms with E-state index in [1.807, 2.05) is 4.90 Å². The molecule has 0 radical (unpaired) electrons. The highest BCUT2D eigenvalue weighted by Crippen LogP contribution is 2.20. The van der Waals surface area contributed by atoms with Crippen molar-refractivity contribution < 1.29 is 9.90 Å². The molecule has 0 aromatic heterocycles. The van der Waals surface area contributed by atoms with E-state index in [1.54, 1.807) is 0 Å². The van der Waals surface area contributed by atoms with Crippen molar-refractivity contribution in [1.82, 2.24) is 4.90 Å². The van der Waals surface area contributed by atoms with Crippen LogP contribution in [0.4, 0.5) is 0 Å². The van der Waals surface area contributed by atoms with Crippen LogP contribution in [0.15, 0.2) is 0 Å². The molecule has 1 aliphatic rings. The smallest absolute Gasteiger partial charge is 0.222 e. The van der Waals surface area contributed by atoms with E-state index in [-0.39, 0.29) is 17.9 Å². The lowest BCUT2D eigenvalue weighted by molar-refractivity contribution is -0.135. The van der Waals surface area contributed by atoms with Crippen LogP contribution in [0.5, 0.6) is 0 Å². The van der Waals surface area contributed by atoms with Gasteiger partial charge in [-0.1, -0.05) is 26.7 Å². The number of likely N-dealkylation sites (tertiary alicyclic amines) is 1. The van der Waals surface area contributed by atoms with Crippen LogP contribution in [0.25, 0.3) is 0 Å². The van der Waals surface area contributed by atoms with Gasteiger partial charge >= 0.3 is 0 Å². The highest BCUT2D eigenvalue weighted by molar-refractivity contribution is 5.76. The summed E-state index contributed by atoms with van der Waals surface area (Å²) in [5.74, 6) is 0.558. The van der Waals surface area contributed by atoms with Gasteiger partial charge in [0.15, 0.2) is 0 Å². The maximum Gasteiger partial charge on any atom is 0.222 e. The summed E-state index contributed by atoms with van der Waals surface area (Å²) in [5.41, 5.74) is 0. The first kappa shape index (κ1) is 13.5. The van der Waals surface area contributed by atoms with E-state index in [0.29, 0.717) is 6.42 Å². The van der Waals surface area contributed by atoms with Crippen molar-refractivity contribution in [3.8, 4) is 0 Å². The van der Waals surface area contributed by atoms with Gasteiger partial charge in [-0.15, -0.1) is 0 Å². The van der Waals surface area contributed by atoms with Gasteiger partial charge in [-0.25, -0.2) is 0 Å². The second-order valence-electron chi connectivity index (χ2n) is 4.82. The van der Waals surface area contributed by atoms with E-state index in [2.05, 4.69) is 13.8 Å². The third-order valence-corrected chi connectivity index (χ3v) is 3.57. The van der Waals surface area contributed by atoms with Gasteiger partial charge in [-0.2, -0.15) is 0 Å². The van der Waals surface area contributed by atoms with E-state index >= 15 is 0 Å². The molecular weight excluding hydrogens is 202 g/mol. The Bertz CT molecular complexity index is 218. The molecule has 1 fully saturated rings. The molecule has 0 aliphatic carbocycles. The van der Waals surface area contributed by atoms with E-state index in [1.165, 1.54) is 0 Å². The lowest BCUT2D eigenvalue weighted by Crippen LogP contribution is -2.45. The van der Waals surface area contributed by atoms with Gasteiger partial charge in [-0.3, -0.25) is 4.79 Å². The molecule has 16 heavy (non-hydrogen) atoms. The first-order valence-corrected chi connectivity index (χ1v) is 6.64. The second-order valence-corrected chi connectivity index (χ2v) is 4.82. The molecule has 3 nitrogen and oxygen atoms in total. The van der Waals surface area contributed by atoms with Gasteiger partial charge in [0, 0.05) is 25.4 Å². The lowest BCUT2D eigenvalue weighted by Gasteiger charge is -2.35. The van der Waals surface area contributed by atoms with Crippen molar-refractivity contribution in [1.29, 1.82) is 0 Å². The maximum absolute atomic E-state index is 11.9. The van der Waals surface area contributed by atoms with Gasteiger partial charge in [-0.05, 0) is 19.3 Å². The minimum absolute atomic E-state index is 0.204. The Morgan fingerprint density at radius 1 is 1.38 bits per heavy atom. The van der Waals surface area contributed by atoms with Gasteiger partial charge < -0.3 is 10.0 Å². The van der Waals surface area contributed by atoms with Crippen LogP contribution < -0.4 is 0 Å². The fourth-order valence-electron chi connectivity index (χ4n) is 2.33. The molecule has 1 amide bonds. The van der Waals surface area contributed by atoms with Crippen molar-refractivity contribution in [2.24, 2.45) is 5.92 Å². The molecule has 3 heteroatoms. The number of hydrogen-bond acceptors (Lipinski definition) is 2. The zero-order valence-corrected chi connectivity index (χ0v) is 10.6. The summed E-state index contributed by atoms with van der Waals surface area (Å²) in [6.07, 6.45) is 5.48. The van der Waals surface area contributed by atoms with Crippen molar-refractivity contribution in [2.45, 2.75) is 58.5 Å². The van der Waals surface area contributed by atoms with Crippen LogP contribution in [0.3, 0.4) is 0 Å². The van der Waals surface area contributed by atoms with E-state index in [4.69, 9.17) is 0 Å². The number of rotatable bonds is 5. The Labute approximate surface area is 98.8 Å². The summed E-state index contributed by atoms with van der Waals surface area (Å²) in [5, 5.41) is 9.74. The number of aliphatic hydroxyl groups excluding tert-OH is 1. The molecule has 0 spiro atoms. The predicted molar refractivity (Wildman–Crippen MR) is 65.1 cm³/mol. The molecular formula is C13H25NO2. The van der Waals surface area contributed by atoms with Crippen LogP contribution >= 0.6 is 0 Å². The largest absolute Gasteiger partial charge is 0.393 e. The summed E-state index contributed by atoms with van der Waals surface area (Å²) < 4.78 is 0. The van der Waals surface area contributed by atoms with Crippen molar-refractivity contribution in [3.63, 3.8) is 0 Å². The summed E-state index contributed by atoms with van der Waals surface area (Å²) in [4.78, 5) is 13.8. The minimum atomic E-state index is -0.204. The van der Waals surface area contributed by atoms with Gasteiger partial charge in [0.2, 0.25) is 5.91 Å². The third-order valence-electron chi connectivity index (χ3n) is 3.57. The van der Waals surface area contributed by atoms with Gasteiger partial charge in [0.25, 0.3) is 0 Å². The fraction of sp³-hybridized carbons (Fsp3) is 0.923. The number of carbonyl (C=O) groups is 1. The number of piperidine rings is 1. The summed E-state index contributed by atoms with van der Waals surface area (Å²) in [6.45, 7) is 5.72. The SMILES string of the molecule is CCCCCC(=O)N1CCC(O)C(CC)C1. The maximum atomic E-state index is 11.9. The van der Waals surface area contributed by atoms with Crippen molar-refractivity contribution >= 4 is 5.91 Å². The topological polar surface area (TPSA) is 40.5 Å². The number of aliphatic hydroxyl groups is 1. The zero-order valence-electron chi connectivity index (χ0n) is 10.6. The molecule has 1 aliphatic heterocycles. The highest BCUT2D eigenvalue weighted by Gasteiger charge is 2.28. The minimum Gasteiger partial charge on any atom is -0.393 e. The third kappa shape index (κ3) is 3.78. The quantitative estimate of drug-likeness (QED) is 0.731. The Morgan fingerprint density at radius 3 is 2.75 bits per heavy atom.